The van der Waals surface area contributed by atoms with Crippen molar-refractivity contribution in [3.05, 3.63) is 35.0 Å². The van der Waals surface area contributed by atoms with Crippen LogP contribution in [-0.2, 0) is 5.88 Å². The van der Waals surface area contributed by atoms with Crippen LogP contribution in [0.4, 0.5) is 0 Å². The molecule has 0 unspecified atom stereocenters. The SMILES string of the molecule is O=Nn1c(CCl)nc2ccccc21. The number of imidazole rings is 1. The molecule has 0 bridgehead atoms. The van der Waals surface area contributed by atoms with Crippen LogP contribution in [0.25, 0.3) is 11.0 Å². The van der Waals surface area contributed by atoms with Crippen LogP contribution in [0.15, 0.2) is 29.6 Å². The molecular formula is C8H6ClN3O. The van der Waals surface area contributed by atoms with Crippen LogP contribution in [0.2, 0.25) is 0 Å². The van der Waals surface area contributed by atoms with Gasteiger partial charge in [0.15, 0.2) is 0 Å². The van der Waals surface area contributed by atoms with Crippen molar-refractivity contribution in [2.75, 3.05) is 0 Å². The molecule has 0 saturated carbocycles. The minimum absolute atomic E-state index is 0.181. The first-order chi connectivity index (χ1) is 6.36. The van der Waals surface area contributed by atoms with E-state index in [0.717, 1.165) is 5.52 Å². The van der Waals surface area contributed by atoms with Gasteiger partial charge in [0.2, 0.25) is 0 Å². The van der Waals surface area contributed by atoms with Gasteiger partial charge in [-0.2, -0.15) is 4.68 Å². The fourth-order valence-corrected chi connectivity index (χ4v) is 1.41. The van der Waals surface area contributed by atoms with Crippen molar-refractivity contribution in [1.82, 2.24) is 9.66 Å². The van der Waals surface area contributed by atoms with E-state index < -0.39 is 0 Å². The number of fused-ring (bicyclic) bond motifs is 1. The molecule has 66 valence electrons. The quantitative estimate of drug-likeness (QED) is 0.545. The second-order valence-corrected chi connectivity index (χ2v) is 2.81. The summed E-state index contributed by atoms with van der Waals surface area (Å²) in [5, 5.41) is 2.85. The van der Waals surface area contributed by atoms with E-state index in [-0.39, 0.29) is 5.88 Å². The molecule has 5 heteroatoms. The molecule has 1 heterocycles. The van der Waals surface area contributed by atoms with Crippen LogP contribution < -0.4 is 0 Å². The lowest BCUT2D eigenvalue weighted by molar-refractivity contribution is 0.834. The van der Waals surface area contributed by atoms with Gasteiger partial charge in [-0.15, -0.1) is 16.5 Å². The van der Waals surface area contributed by atoms with Gasteiger partial charge in [0, 0.05) is 0 Å². The summed E-state index contributed by atoms with van der Waals surface area (Å²) >= 11 is 5.60. The van der Waals surface area contributed by atoms with Crippen LogP contribution in [0, 0.1) is 4.91 Å². The minimum Gasteiger partial charge on any atom is -0.230 e. The highest BCUT2D eigenvalue weighted by Crippen LogP contribution is 2.16. The molecule has 0 saturated heterocycles. The molecule has 0 aliphatic heterocycles. The summed E-state index contributed by atoms with van der Waals surface area (Å²) in [6, 6.07) is 7.26. The number of halogens is 1. The first-order valence-corrected chi connectivity index (χ1v) is 4.26. The number of hydrogen-bond donors (Lipinski definition) is 0. The molecule has 0 atom stereocenters. The zero-order valence-corrected chi connectivity index (χ0v) is 7.40. The predicted octanol–water partition coefficient (Wildman–Crippen LogP) is 2.30. The van der Waals surface area contributed by atoms with Crippen LogP contribution in [0.1, 0.15) is 5.82 Å². The summed E-state index contributed by atoms with van der Waals surface area (Å²) < 4.78 is 1.21. The van der Waals surface area contributed by atoms with E-state index in [9.17, 15) is 4.91 Å². The molecule has 0 amide bonds. The Morgan fingerprint density at radius 2 is 2.23 bits per heavy atom. The highest BCUT2D eigenvalue weighted by Gasteiger charge is 2.08. The molecule has 0 radical (unpaired) electrons. The second-order valence-electron chi connectivity index (χ2n) is 2.54. The normalized spacial score (nSPS) is 10.5. The van der Waals surface area contributed by atoms with Crippen molar-refractivity contribution in [2.45, 2.75) is 5.88 Å². The Morgan fingerprint density at radius 3 is 2.92 bits per heavy atom. The maximum absolute atomic E-state index is 10.5. The highest BCUT2D eigenvalue weighted by atomic mass is 35.5. The highest BCUT2D eigenvalue weighted by molar-refractivity contribution is 6.16. The van der Waals surface area contributed by atoms with Gasteiger partial charge in [-0.1, -0.05) is 12.1 Å². The number of aromatic nitrogens is 2. The predicted molar refractivity (Wildman–Crippen MR) is 50.5 cm³/mol. The van der Waals surface area contributed by atoms with E-state index in [1.165, 1.54) is 4.68 Å². The fraction of sp³-hybridized carbons (Fsp3) is 0.125. The zero-order valence-electron chi connectivity index (χ0n) is 6.64. The van der Waals surface area contributed by atoms with Crippen molar-refractivity contribution in [2.24, 2.45) is 5.29 Å². The summed E-state index contributed by atoms with van der Waals surface area (Å²) in [5.41, 5.74) is 1.42. The van der Waals surface area contributed by atoms with Gasteiger partial charge in [0.25, 0.3) is 0 Å². The number of benzene rings is 1. The monoisotopic (exact) mass is 195 g/mol. The lowest BCUT2D eigenvalue weighted by atomic mass is 10.3. The molecule has 0 aliphatic rings. The van der Waals surface area contributed by atoms with Crippen molar-refractivity contribution >= 4 is 22.6 Å². The lowest BCUT2D eigenvalue weighted by Gasteiger charge is -1.92. The fourth-order valence-electron chi connectivity index (χ4n) is 1.24. The van der Waals surface area contributed by atoms with E-state index in [4.69, 9.17) is 11.6 Å². The molecule has 2 aromatic rings. The van der Waals surface area contributed by atoms with E-state index in [1.54, 1.807) is 6.07 Å². The number of alkyl halides is 1. The third kappa shape index (κ3) is 1.19. The number of nitroso groups, excluding NO2 is 1. The van der Waals surface area contributed by atoms with Crippen LogP contribution in [-0.4, -0.2) is 9.66 Å². The molecule has 0 spiro atoms. The summed E-state index contributed by atoms with van der Waals surface area (Å²) in [4.78, 5) is 14.6. The first-order valence-electron chi connectivity index (χ1n) is 3.73. The molecule has 13 heavy (non-hydrogen) atoms. The molecule has 0 N–H and O–H groups in total. The number of rotatable bonds is 2. The Labute approximate surface area is 79.1 Å². The standard InChI is InChI=1S/C8H6ClN3O/c9-5-8-10-6-3-1-2-4-7(6)12(8)11-13/h1-4H,5H2. The average Bonchev–Trinajstić information content (AvgIpc) is 2.55. The van der Waals surface area contributed by atoms with E-state index >= 15 is 0 Å². The zero-order chi connectivity index (χ0) is 9.26. The molecule has 0 fully saturated rings. The lowest BCUT2D eigenvalue weighted by Crippen LogP contribution is -1.92. The smallest absolute Gasteiger partial charge is 0.149 e. The topological polar surface area (TPSA) is 47.2 Å². The Balaban J connectivity index is 2.81. The van der Waals surface area contributed by atoms with Crippen LogP contribution in [0.5, 0.6) is 0 Å². The van der Waals surface area contributed by atoms with E-state index in [0.29, 0.717) is 11.3 Å². The number of nitrogens with zero attached hydrogens (tertiary/aromatic N) is 3. The minimum atomic E-state index is 0.181. The maximum atomic E-state index is 10.5. The molecule has 1 aromatic heterocycles. The van der Waals surface area contributed by atoms with Gasteiger partial charge in [0.05, 0.1) is 22.2 Å². The van der Waals surface area contributed by atoms with Gasteiger partial charge < -0.3 is 0 Å². The van der Waals surface area contributed by atoms with Crippen molar-refractivity contribution in [1.29, 1.82) is 0 Å². The van der Waals surface area contributed by atoms with E-state index in [2.05, 4.69) is 10.3 Å². The largest absolute Gasteiger partial charge is 0.230 e. The Hall–Kier alpha value is -1.42. The Morgan fingerprint density at radius 1 is 1.46 bits per heavy atom. The molecule has 4 nitrogen and oxygen atoms in total. The third-order valence-corrected chi connectivity index (χ3v) is 2.04. The molecule has 0 aliphatic carbocycles. The number of hydrogen-bond acceptors (Lipinski definition) is 3. The second kappa shape index (κ2) is 3.14. The van der Waals surface area contributed by atoms with Crippen LogP contribution in [0.3, 0.4) is 0 Å². The van der Waals surface area contributed by atoms with Gasteiger partial charge in [-0.25, -0.2) is 4.98 Å². The molecule has 1 aromatic carbocycles. The Bertz CT molecular complexity index is 452. The third-order valence-electron chi connectivity index (χ3n) is 1.81. The van der Waals surface area contributed by atoms with Crippen LogP contribution >= 0.6 is 11.6 Å². The molecular weight excluding hydrogens is 190 g/mol. The number of para-hydroxylation sites is 2. The maximum Gasteiger partial charge on any atom is 0.149 e. The van der Waals surface area contributed by atoms with Gasteiger partial charge >= 0.3 is 0 Å². The first kappa shape index (κ1) is 8.19. The Kier molecular flexibility index (Phi) is 1.98. The summed E-state index contributed by atoms with van der Waals surface area (Å²) in [6.07, 6.45) is 0. The van der Waals surface area contributed by atoms with Gasteiger partial charge in [0.1, 0.15) is 5.82 Å². The van der Waals surface area contributed by atoms with Gasteiger partial charge in [-0.05, 0) is 12.1 Å². The average molecular weight is 196 g/mol. The summed E-state index contributed by atoms with van der Waals surface area (Å²) in [5.74, 6) is 0.651. The summed E-state index contributed by atoms with van der Waals surface area (Å²) in [7, 11) is 0. The van der Waals surface area contributed by atoms with E-state index in [1.807, 2.05) is 18.2 Å². The van der Waals surface area contributed by atoms with Crippen molar-refractivity contribution < 1.29 is 0 Å². The molecule has 2 rings (SSSR count). The van der Waals surface area contributed by atoms with Gasteiger partial charge in [-0.3, -0.25) is 0 Å². The van der Waals surface area contributed by atoms with Crippen molar-refractivity contribution in [3.63, 3.8) is 0 Å². The summed E-state index contributed by atoms with van der Waals surface area (Å²) in [6.45, 7) is 0. The van der Waals surface area contributed by atoms with Crippen molar-refractivity contribution in [3.8, 4) is 0 Å².